The van der Waals surface area contributed by atoms with E-state index in [-0.39, 0.29) is 5.97 Å². The van der Waals surface area contributed by atoms with Gasteiger partial charge >= 0.3 is 5.97 Å². The number of aromatic nitrogens is 4. The number of nitrogens with zero attached hydrogens (tertiary/aromatic N) is 5. The first-order valence-corrected chi connectivity index (χ1v) is 7.79. The Kier molecular flexibility index (Phi) is 5.67. The molecule has 0 bridgehead atoms. The topological polar surface area (TPSA) is 124 Å². The lowest BCUT2D eigenvalue weighted by molar-refractivity contribution is -0.154. The van der Waals surface area contributed by atoms with Crippen molar-refractivity contribution >= 4 is 23.4 Å². The fraction of sp³-hybridized carbons (Fsp3) is 0.533. The highest BCUT2D eigenvalue weighted by Crippen LogP contribution is 2.23. The third-order valence-electron chi connectivity index (χ3n) is 3.02. The SMILES string of the molecule is CC(C)(C)OC(=O)CCCCn1ncc(N=Nc2ncc[nH]2)c1N. The summed E-state index contributed by atoms with van der Waals surface area (Å²) in [7, 11) is 0. The molecule has 130 valence electrons. The molecule has 0 fully saturated rings. The number of ether oxygens (including phenoxy) is 1. The second kappa shape index (κ2) is 7.71. The third-order valence-corrected chi connectivity index (χ3v) is 3.02. The Bertz CT molecular complexity index is 683. The van der Waals surface area contributed by atoms with Gasteiger partial charge < -0.3 is 15.5 Å². The minimum Gasteiger partial charge on any atom is -0.460 e. The maximum Gasteiger partial charge on any atom is 0.306 e. The normalized spacial score (nSPS) is 12.0. The minimum atomic E-state index is -0.447. The van der Waals surface area contributed by atoms with Gasteiger partial charge in [0.05, 0.1) is 6.20 Å². The van der Waals surface area contributed by atoms with Crippen molar-refractivity contribution in [2.24, 2.45) is 10.2 Å². The van der Waals surface area contributed by atoms with Gasteiger partial charge in [-0.05, 0) is 33.6 Å². The summed E-state index contributed by atoms with van der Waals surface area (Å²) in [5.41, 5.74) is 6.03. The van der Waals surface area contributed by atoms with Crippen molar-refractivity contribution in [3.8, 4) is 0 Å². The first-order chi connectivity index (χ1) is 11.3. The maximum atomic E-state index is 11.6. The van der Waals surface area contributed by atoms with Gasteiger partial charge in [0.25, 0.3) is 0 Å². The van der Waals surface area contributed by atoms with E-state index >= 15 is 0 Å². The predicted octanol–water partition coefficient (Wildman–Crippen LogP) is 3.12. The zero-order valence-electron chi connectivity index (χ0n) is 14.2. The lowest BCUT2D eigenvalue weighted by Gasteiger charge is -2.19. The standard InChI is InChI=1S/C15H23N7O2/c1-15(2,3)24-12(23)6-4-5-9-22-13(16)11(10-19-22)20-21-14-17-7-8-18-14/h7-8,10H,4-6,9,16H2,1-3H3,(H,17,18). The number of aryl methyl sites for hydroxylation is 1. The number of rotatable bonds is 7. The van der Waals surface area contributed by atoms with Crippen LogP contribution in [0.5, 0.6) is 0 Å². The molecule has 2 aromatic rings. The molecule has 0 aromatic carbocycles. The van der Waals surface area contributed by atoms with Crippen LogP contribution in [0.1, 0.15) is 40.0 Å². The number of nitrogen functional groups attached to an aromatic ring is 1. The largest absolute Gasteiger partial charge is 0.460 e. The van der Waals surface area contributed by atoms with Crippen molar-refractivity contribution in [3.05, 3.63) is 18.6 Å². The molecule has 0 atom stereocenters. The number of esters is 1. The fourth-order valence-electron chi connectivity index (χ4n) is 1.98. The van der Waals surface area contributed by atoms with Crippen molar-refractivity contribution in [1.82, 2.24) is 19.7 Å². The second-order valence-corrected chi connectivity index (χ2v) is 6.29. The van der Waals surface area contributed by atoms with Crippen molar-refractivity contribution < 1.29 is 9.53 Å². The molecule has 0 saturated carbocycles. The van der Waals surface area contributed by atoms with Gasteiger partial charge in [0.1, 0.15) is 17.1 Å². The van der Waals surface area contributed by atoms with E-state index in [0.717, 1.165) is 6.42 Å². The number of carbonyl (C=O) groups excluding carboxylic acids is 1. The number of hydrogen-bond donors (Lipinski definition) is 2. The number of carbonyl (C=O) groups is 1. The molecule has 0 aliphatic rings. The van der Waals surface area contributed by atoms with Gasteiger partial charge in [-0.15, -0.1) is 10.2 Å². The Hall–Kier alpha value is -2.71. The average Bonchev–Trinajstić information content (AvgIpc) is 3.10. The highest BCUT2D eigenvalue weighted by atomic mass is 16.6. The molecule has 0 aliphatic carbocycles. The molecule has 0 amide bonds. The molecule has 9 heteroatoms. The summed E-state index contributed by atoms with van der Waals surface area (Å²) in [6.45, 7) is 6.17. The van der Waals surface area contributed by atoms with Crippen LogP contribution in [0.2, 0.25) is 0 Å². The van der Waals surface area contributed by atoms with Gasteiger partial charge in [0.15, 0.2) is 0 Å². The Labute approximate surface area is 140 Å². The molecular formula is C15H23N7O2. The molecule has 0 unspecified atom stereocenters. The molecular weight excluding hydrogens is 310 g/mol. The van der Waals surface area contributed by atoms with Gasteiger partial charge in [-0.3, -0.25) is 4.79 Å². The summed E-state index contributed by atoms with van der Waals surface area (Å²) in [4.78, 5) is 18.4. The molecule has 24 heavy (non-hydrogen) atoms. The van der Waals surface area contributed by atoms with Crippen LogP contribution in [-0.2, 0) is 16.1 Å². The van der Waals surface area contributed by atoms with Gasteiger partial charge in [-0.1, -0.05) is 0 Å². The molecule has 2 rings (SSSR count). The predicted molar refractivity (Wildman–Crippen MR) is 89.1 cm³/mol. The lowest BCUT2D eigenvalue weighted by atomic mass is 10.2. The van der Waals surface area contributed by atoms with Gasteiger partial charge in [0, 0.05) is 25.4 Å². The molecule has 3 N–H and O–H groups in total. The van der Waals surface area contributed by atoms with Crippen LogP contribution >= 0.6 is 0 Å². The number of aromatic amines is 1. The van der Waals surface area contributed by atoms with Crippen LogP contribution < -0.4 is 5.73 Å². The van der Waals surface area contributed by atoms with E-state index < -0.39 is 5.60 Å². The zero-order valence-corrected chi connectivity index (χ0v) is 14.2. The first-order valence-electron chi connectivity index (χ1n) is 7.79. The summed E-state index contributed by atoms with van der Waals surface area (Å²) in [6, 6.07) is 0. The Morgan fingerprint density at radius 1 is 1.38 bits per heavy atom. The van der Waals surface area contributed by atoms with E-state index in [0.29, 0.717) is 36.8 Å². The van der Waals surface area contributed by atoms with E-state index in [2.05, 4.69) is 25.3 Å². The van der Waals surface area contributed by atoms with E-state index in [9.17, 15) is 4.79 Å². The van der Waals surface area contributed by atoms with Gasteiger partial charge in [-0.25, -0.2) is 9.67 Å². The molecule has 9 nitrogen and oxygen atoms in total. The summed E-state index contributed by atoms with van der Waals surface area (Å²) in [5, 5.41) is 12.1. The average molecular weight is 333 g/mol. The van der Waals surface area contributed by atoms with Crippen molar-refractivity contribution in [1.29, 1.82) is 0 Å². The molecule has 0 saturated heterocycles. The molecule has 2 aromatic heterocycles. The van der Waals surface area contributed by atoms with Gasteiger partial charge in [0.2, 0.25) is 5.95 Å². The highest BCUT2D eigenvalue weighted by Gasteiger charge is 2.15. The quantitative estimate of drug-likeness (QED) is 0.457. The minimum absolute atomic E-state index is 0.191. The highest BCUT2D eigenvalue weighted by molar-refractivity contribution is 5.69. The third kappa shape index (κ3) is 5.49. The maximum absolute atomic E-state index is 11.6. The number of nitrogens with one attached hydrogen (secondary N) is 1. The summed E-state index contributed by atoms with van der Waals surface area (Å²) in [5.74, 6) is 0.644. The number of nitrogens with two attached hydrogens (primary N) is 1. The summed E-state index contributed by atoms with van der Waals surface area (Å²) >= 11 is 0. The van der Waals surface area contributed by atoms with E-state index in [4.69, 9.17) is 10.5 Å². The smallest absolute Gasteiger partial charge is 0.306 e. The second-order valence-electron chi connectivity index (χ2n) is 6.29. The Balaban J connectivity index is 1.79. The van der Waals surface area contributed by atoms with E-state index in [1.807, 2.05) is 20.8 Å². The number of hydrogen-bond acceptors (Lipinski definition) is 7. The van der Waals surface area contributed by atoms with Gasteiger partial charge in [-0.2, -0.15) is 5.10 Å². The Morgan fingerprint density at radius 3 is 2.83 bits per heavy atom. The van der Waals surface area contributed by atoms with Crippen LogP contribution in [0.3, 0.4) is 0 Å². The van der Waals surface area contributed by atoms with E-state index in [1.54, 1.807) is 23.3 Å². The number of imidazole rings is 1. The monoisotopic (exact) mass is 333 g/mol. The number of H-pyrrole nitrogens is 1. The molecule has 2 heterocycles. The number of azo groups is 1. The van der Waals surface area contributed by atoms with Crippen molar-refractivity contribution in [2.75, 3.05) is 5.73 Å². The fourth-order valence-corrected chi connectivity index (χ4v) is 1.98. The lowest BCUT2D eigenvalue weighted by Crippen LogP contribution is -2.23. The molecule has 0 radical (unpaired) electrons. The summed E-state index contributed by atoms with van der Waals surface area (Å²) in [6.07, 6.45) is 6.65. The van der Waals surface area contributed by atoms with Crippen LogP contribution in [0.4, 0.5) is 17.5 Å². The molecule has 0 spiro atoms. The van der Waals surface area contributed by atoms with Crippen LogP contribution in [0, 0.1) is 0 Å². The molecule has 0 aliphatic heterocycles. The zero-order chi connectivity index (χ0) is 17.6. The number of unbranched alkanes of at least 4 members (excludes halogenated alkanes) is 1. The van der Waals surface area contributed by atoms with Crippen molar-refractivity contribution in [3.63, 3.8) is 0 Å². The first kappa shape index (κ1) is 17.6. The van der Waals surface area contributed by atoms with Crippen LogP contribution in [0.25, 0.3) is 0 Å². The van der Waals surface area contributed by atoms with Crippen LogP contribution in [0.15, 0.2) is 28.8 Å². The summed E-state index contributed by atoms with van der Waals surface area (Å²) < 4.78 is 6.91. The van der Waals surface area contributed by atoms with Crippen LogP contribution in [-0.4, -0.2) is 31.3 Å². The Morgan fingerprint density at radius 2 is 2.17 bits per heavy atom. The van der Waals surface area contributed by atoms with E-state index in [1.165, 1.54) is 0 Å². The van der Waals surface area contributed by atoms with Crippen molar-refractivity contribution in [2.45, 2.75) is 52.2 Å². The number of anilines is 1.